The minimum absolute atomic E-state index is 0.408. The highest BCUT2D eigenvalue weighted by atomic mass is 35.5. The number of rotatable bonds is 5. The first-order valence-electron chi connectivity index (χ1n) is 6.01. The minimum atomic E-state index is 0.408. The number of alkyl halides is 1. The van der Waals surface area contributed by atoms with Crippen LogP contribution >= 0.6 is 11.6 Å². The molecule has 0 aliphatic rings. The van der Waals surface area contributed by atoms with Crippen molar-refractivity contribution < 1.29 is 9.47 Å². The molecule has 0 N–H and O–H groups in total. The number of nitrogens with zero attached hydrogens (tertiary/aromatic N) is 1. The maximum Gasteiger partial charge on any atom is 0.219 e. The van der Waals surface area contributed by atoms with Crippen LogP contribution in [0.25, 0.3) is 0 Å². The van der Waals surface area contributed by atoms with Crippen LogP contribution in [0, 0.1) is 6.92 Å². The first-order valence-corrected chi connectivity index (χ1v) is 6.55. The quantitative estimate of drug-likeness (QED) is 0.781. The van der Waals surface area contributed by atoms with E-state index in [0.29, 0.717) is 18.4 Å². The Morgan fingerprint density at radius 3 is 2.68 bits per heavy atom. The van der Waals surface area contributed by atoms with Gasteiger partial charge in [0.2, 0.25) is 5.88 Å². The normalized spacial score (nSPS) is 10.3. The molecule has 1 aromatic carbocycles. The van der Waals surface area contributed by atoms with E-state index in [0.717, 1.165) is 22.4 Å². The fourth-order valence-corrected chi connectivity index (χ4v) is 2.10. The minimum Gasteiger partial charge on any atom is -0.488 e. The molecule has 100 valence electrons. The standard InChI is InChI=1S/C15H16ClNO2/c1-11-5-3-6-12(9-16)14(11)19-10-13-7-4-8-17-15(13)18-2/h3-8H,9-10H2,1-2H3. The lowest BCUT2D eigenvalue weighted by Gasteiger charge is -2.13. The Kier molecular flexibility index (Phi) is 4.63. The van der Waals surface area contributed by atoms with E-state index in [-0.39, 0.29) is 0 Å². The van der Waals surface area contributed by atoms with Gasteiger partial charge >= 0.3 is 0 Å². The van der Waals surface area contributed by atoms with Gasteiger partial charge in [0.05, 0.1) is 18.6 Å². The molecular formula is C15H16ClNO2. The van der Waals surface area contributed by atoms with Crippen molar-refractivity contribution in [1.29, 1.82) is 0 Å². The molecule has 0 spiro atoms. The van der Waals surface area contributed by atoms with Gasteiger partial charge in [-0.1, -0.05) is 18.2 Å². The van der Waals surface area contributed by atoms with E-state index in [1.54, 1.807) is 13.3 Å². The van der Waals surface area contributed by atoms with Gasteiger partial charge in [0.1, 0.15) is 12.4 Å². The van der Waals surface area contributed by atoms with Crippen LogP contribution in [0.3, 0.4) is 0 Å². The predicted octanol–water partition coefficient (Wildman–Crippen LogP) is 3.72. The number of benzene rings is 1. The maximum atomic E-state index is 5.93. The molecule has 0 atom stereocenters. The van der Waals surface area contributed by atoms with E-state index < -0.39 is 0 Å². The lowest BCUT2D eigenvalue weighted by molar-refractivity contribution is 0.290. The zero-order valence-electron chi connectivity index (χ0n) is 11.0. The molecular weight excluding hydrogens is 262 g/mol. The number of para-hydroxylation sites is 1. The lowest BCUT2D eigenvalue weighted by Crippen LogP contribution is -2.02. The first-order chi connectivity index (χ1) is 9.26. The van der Waals surface area contributed by atoms with Crippen LogP contribution in [0.15, 0.2) is 36.5 Å². The van der Waals surface area contributed by atoms with Crippen molar-refractivity contribution in [2.75, 3.05) is 7.11 Å². The Morgan fingerprint density at radius 2 is 1.95 bits per heavy atom. The number of hydrogen-bond acceptors (Lipinski definition) is 3. The zero-order valence-corrected chi connectivity index (χ0v) is 11.8. The van der Waals surface area contributed by atoms with Crippen LogP contribution in [0.2, 0.25) is 0 Å². The molecule has 0 radical (unpaired) electrons. The molecule has 0 amide bonds. The molecule has 0 fully saturated rings. The average molecular weight is 278 g/mol. The lowest BCUT2D eigenvalue weighted by atomic mass is 10.1. The average Bonchev–Trinajstić information content (AvgIpc) is 2.46. The summed E-state index contributed by atoms with van der Waals surface area (Å²) in [5, 5.41) is 0. The highest BCUT2D eigenvalue weighted by molar-refractivity contribution is 6.17. The fourth-order valence-electron chi connectivity index (χ4n) is 1.89. The van der Waals surface area contributed by atoms with Crippen molar-refractivity contribution in [2.24, 2.45) is 0 Å². The second-order valence-electron chi connectivity index (χ2n) is 4.16. The number of pyridine rings is 1. The van der Waals surface area contributed by atoms with Crippen molar-refractivity contribution in [3.05, 3.63) is 53.2 Å². The van der Waals surface area contributed by atoms with E-state index in [1.807, 2.05) is 37.3 Å². The van der Waals surface area contributed by atoms with E-state index >= 15 is 0 Å². The number of aryl methyl sites for hydroxylation is 1. The molecule has 2 aromatic rings. The van der Waals surface area contributed by atoms with Gasteiger partial charge in [0.25, 0.3) is 0 Å². The van der Waals surface area contributed by atoms with E-state index in [4.69, 9.17) is 21.1 Å². The van der Waals surface area contributed by atoms with Crippen molar-refractivity contribution >= 4 is 11.6 Å². The second kappa shape index (κ2) is 6.43. The van der Waals surface area contributed by atoms with Crippen LogP contribution in [0.4, 0.5) is 0 Å². The molecule has 4 heteroatoms. The van der Waals surface area contributed by atoms with Gasteiger partial charge in [-0.15, -0.1) is 11.6 Å². The van der Waals surface area contributed by atoms with Gasteiger partial charge in [0.15, 0.2) is 0 Å². The monoisotopic (exact) mass is 277 g/mol. The van der Waals surface area contributed by atoms with Crippen LogP contribution in [0.1, 0.15) is 16.7 Å². The van der Waals surface area contributed by atoms with Crippen molar-refractivity contribution in [2.45, 2.75) is 19.4 Å². The summed E-state index contributed by atoms with van der Waals surface area (Å²) >= 11 is 5.93. The smallest absolute Gasteiger partial charge is 0.219 e. The molecule has 1 heterocycles. The van der Waals surface area contributed by atoms with Crippen molar-refractivity contribution in [1.82, 2.24) is 4.98 Å². The van der Waals surface area contributed by atoms with Gasteiger partial charge in [-0.2, -0.15) is 0 Å². The van der Waals surface area contributed by atoms with E-state index in [1.165, 1.54) is 0 Å². The van der Waals surface area contributed by atoms with Crippen molar-refractivity contribution in [3.63, 3.8) is 0 Å². The predicted molar refractivity (Wildman–Crippen MR) is 75.9 cm³/mol. The summed E-state index contributed by atoms with van der Waals surface area (Å²) in [4.78, 5) is 4.15. The van der Waals surface area contributed by atoms with Crippen molar-refractivity contribution in [3.8, 4) is 11.6 Å². The third kappa shape index (κ3) is 3.18. The Bertz CT molecular complexity index is 558. The molecule has 0 saturated carbocycles. The zero-order chi connectivity index (χ0) is 13.7. The summed E-state index contributed by atoms with van der Waals surface area (Å²) in [6, 6.07) is 9.75. The summed E-state index contributed by atoms with van der Waals surface area (Å²) in [5.74, 6) is 1.85. The summed E-state index contributed by atoms with van der Waals surface area (Å²) in [6.45, 7) is 2.41. The number of ether oxygens (including phenoxy) is 2. The molecule has 1 aromatic heterocycles. The maximum absolute atomic E-state index is 5.93. The largest absolute Gasteiger partial charge is 0.488 e. The molecule has 0 bridgehead atoms. The highest BCUT2D eigenvalue weighted by Gasteiger charge is 2.09. The van der Waals surface area contributed by atoms with Gasteiger partial charge in [-0.25, -0.2) is 4.98 Å². The number of methoxy groups -OCH3 is 1. The SMILES string of the molecule is COc1ncccc1COc1c(C)cccc1CCl. The fraction of sp³-hybridized carbons (Fsp3) is 0.267. The third-order valence-electron chi connectivity index (χ3n) is 2.85. The number of aromatic nitrogens is 1. The Morgan fingerprint density at radius 1 is 1.16 bits per heavy atom. The second-order valence-corrected chi connectivity index (χ2v) is 4.42. The molecule has 0 saturated heterocycles. The Hall–Kier alpha value is -1.74. The Labute approximate surface area is 118 Å². The third-order valence-corrected chi connectivity index (χ3v) is 3.14. The van der Waals surface area contributed by atoms with Gasteiger partial charge < -0.3 is 9.47 Å². The first kappa shape index (κ1) is 13.7. The van der Waals surface area contributed by atoms with Crippen LogP contribution in [-0.4, -0.2) is 12.1 Å². The van der Waals surface area contributed by atoms with Gasteiger partial charge in [0, 0.05) is 11.8 Å². The number of halogens is 1. The van der Waals surface area contributed by atoms with Crippen LogP contribution in [-0.2, 0) is 12.5 Å². The summed E-state index contributed by atoms with van der Waals surface area (Å²) < 4.78 is 11.1. The van der Waals surface area contributed by atoms with Gasteiger partial charge in [-0.3, -0.25) is 0 Å². The van der Waals surface area contributed by atoms with Crippen LogP contribution in [0.5, 0.6) is 11.6 Å². The molecule has 2 rings (SSSR count). The van der Waals surface area contributed by atoms with E-state index in [2.05, 4.69) is 4.98 Å². The number of hydrogen-bond donors (Lipinski definition) is 0. The molecule has 0 aliphatic carbocycles. The van der Waals surface area contributed by atoms with Gasteiger partial charge in [-0.05, 0) is 24.6 Å². The van der Waals surface area contributed by atoms with E-state index in [9.17, 15) is 0 Å². The Balaban J connectivity index is 2.19. The topological polar surface area (TPSA) is 31.4 Å². The summed E-state index contributed by atoms with van der Waals surface area (Å²) in [5.41, 5.74) is 2.97. The molecule has 0 unspecified atom stereocenters. The molecule has 0 aliphatic heterocycles. The van der Waals surface area contributed by atoms with Crippen LogP contribution < -0.4 is 9.47 Å². The molecule has 19 heavy (non-hydrogen) atoms. The summed E-state index contributed by atoms with van der Waals surface area (Å²) in [7, 11) is 1.60. The molecule has 3 nitrogen and oxygen atoms in total. The highest BCUT2D eigenvalue weighted by Crippen LogP contribution is 2.26. The summed E-state index contributed by atoms with van der Waals surface area (Å²) in [6.07, 6.45) is 1.69.